The first-order valence-corrected chi connectivity index (χ1v) is 5.49. The van der Waals surface area contributed by atoms with E-state index < -0.39 is 5.60 Å². The van der Waals surface area contributed by atoms with Crippen molar-refractivity contribution < 1.29 is 5.11 Å². The van der Waals surface area contributed by atoms with Crippen LogP contribution in [0.1, 0.15) is 46.5 Å². The van der Waals surface area contributed by atoms with Crippen LogP contribution < -0.4 is 5.32 Å². The summed E-state index contributed by atoms with van der Waals surface area (Å²) in [7, 11) is 0. The van der Waals surface area contributed by atoms with Gasteiger partial charge in [0.15, 0.2) is 0 Å². The summed E-state index contributed by atoms with van der Waals surface area (Å²) in [5, 5.41) is 13.2. The van der Waals surface area contributed by atoms with Gasteiger partial charge in [-0.2, -0.15) is 0 Å². The second-order valence-electron chi connectivity index (χ2n) is 4.85. The number of nitrogens with one attached hydrogen (secondary N) is 1. The highest BCUT2D eigenvalue weighted by atomic mass is 16.3. The van der Waals surface area contributed by atoms with E-state index in [1.54, 1.807) is 0 Å². The van der Waals surface area contributed by atoms with Crippen LogP contribution in [0.15, 0.2) is 0 Å². The maximum atomic E-state index is 9.79. The lowest BCUT2D eigenvalue weighted by molar-refractivity contribution is 0.0529. The van der Waals surface area contributed by atoms with Crippen molar-refractivity contribution in [3.63, 3.8) is 0 Å². The highest BCUT2D eigenvalue weighted by Crippen LogP contribution is 2.24. The van der Waals surface area contributed by atoms with E-state index >= 15 is 0 Å². The molecule has 0 aromatic rings. The Morgan fingerprint density at radius 1 is 1.46 bits per heavy atom. The molecule has 2 nitrogen and oxygen atoms in total. The number of aliphatic hydroxyl groups is 1. The Morgan fingerprint density at radius 3 is 2.62 bits per heavy atom. The molecule has 0 aliphatic heterocycles. The first-order valence-electron chi connectivity index (χ1n) is 5.49. The molecule has 78 valence electrons. The molecule has 0 saturated heterocycles. The fraction of sp³-hybridized carbons (Fsp3) is 1.00. The molecule has 0 aromatic heterocycles. The summed E-state index contributed by atoms with van der Waals surface area (Å²) in [6.45, 7) is 6.97. The number of rotatable bonds is 4. The predicted octanol–water partition coefficient (Wildman–Crippen LogP) is 1.93. The average molecular weight is 185 g/mol. The molecule has 2 heteroatoms. The van der Waals surface area contributed by atoms with Crippen molar-refractivity contribution in [1.29, 1.82) is 0 Å². The minimum atomic E-state index is -0.522. The van der Waals surface area contributed by atoms with Gasteiger partial charge in [0.25, 0.3) is 0 Å². The maximum Gasteiger partial charge on any atom is 0.0741 e. The zero-order chi connectivity index (χ0) is 9.90. The van der Waals surface area contributed by atoms with Crippen LogP contribution in [0.2, 0.25) is 0 Å². The molecule has 1 rings (SSSR count). The zero-order valence-electron chi connectivity index (χ0n) is 9.14. The molecule has 3 atom stereocenters. The first-order chi connectivity index (χ1) is 6.03. The molecular formula is C11H23NO. The molecule has 0 heterocycles. The van der Waals surface area contributed by atoms with Crippen LogP contribution in [0.3, 0.4) is 0 Å². The molecule has 0 radical (unpaired) electrons. The Morgan fingerprint density at radius 2 is 2.15 bits per heavy atom. The monoisotopic (exact) mass is 185 g/mol. The van der Waals surface area contributed by atoms with Gasteiger partial charge in [-0.1, -0.05) is 13.8 Å². The van der Waals surface area contributed by atoms with E-state index in [9.17, 15) is 5.11 Å². The number of hydrogen-bond acceptors (Lipinski definition) is 2. The lowest BCUT2D eigenvalue weighted by Crippen LogP contribution is -2.41. The van der Waals surface area contributed by atoms with Crippen LogP contribution in [-0.4, -0.2) is 23.3 Å². The summed E-state index contributed by atoms with van der Waals surface area (Å²) >= 11 is 0. The molecule has 0 aromatic carbocycles. The molecule has 13 heavy (non-hydrogen) atoms. The predicted molar refractivity (Wildman–Crippen MR) is 55.7 cm³/mol. The third-order valence-electron chi connectivity index (χ3n) is 3.23. The lowest BCUT2D eigenvalue weighted by atomic mass is 10.0. The van der Waals surface area contributed by atoms with Gasteiger partial charge in [0.2, 0.25) is 0 Å². The molecular weight excluding hydrogens is 162 g/mol. The lowest BCUT2D eigenvalue weighted by Gasteiger charge is -2.24. The molecule has 0 spiro atoms. The van der Waals surface area contributed by atoms with E-state index in [0.29, 0.717) is 6.04 Å². The van der Waals surface area contributed by atoms with Crippen molar-refractivity contribution in [3.8, 4) is 0 Å². The van der Waals surface area contributed by atoms with Crippen molar-refractivity contribution in [2.24, 2.45) is 5.92 Å². The Bertz CT molecular complexity index is 156. The zero-order valence-corrected chi connectivity index (χ0v) is 9.14. The largest absolute Gasteiger partial charge is 0.389 e. The van der Waals surface area contributed by atoms with Crippen LogP contribution in [0.5, 0.6) is 0 Å². The Hall–Kier alpha value is -0.0800. The normalized spacial score (nSPS) is 33.2. The van der Waals surface area contributed by atoms with Gasteiger partial charge < -0.3 is 10.4 Å². The van der Waals surface area contributed by atoms with Crippen molar-refractivity contribution >= 4 is 0 Å². The van der Waals surface area contributed by atoms with Crippen LogP contribution in [-0.2, 0) is 0 Å². The smallest absolute Gasteiger partial charge is 0.0741 e. The van der Waals surface area contributed by atoms with Gasteiger partial charge in [0.1, 0.15) is 0 Å². The van der Waals surface area contributed by atoms with Gasteiger partial charge in [-0.15, -0.1) is 0 Å². The summed E-state index contributed by atoms with van der Waals surface area (Å²) in [5.74, 6) is 0.865. The van der Waals surface area contributed by atoms with E-state index in [4.69, 9.17) is 0 Å². The minimum Gasteiger partial charge on any atom is -0.389 e. The number of hydrogen-bond donors (Lipinski definition) is 2. The van der Waals surface area contributed by atoms with Gasteiger partial charge in [-0.05, 0) is 38.5 Å². The first kappa shape index (κ1) is 11.0. The molecule has 1 saturated carbocycles. The van der Waals surface area contributed by atoms with Gasteiger partial charge >= 0.3 is 0 Å². The van der Waals surface area contributed by atoms with Gasteiger partial charge in [0.05, 0.1) is 5.60 Å². The van der Waals surface area contributed by atoms with Crippen LogP contribution in [0.4, 0.5) is 0 Å². The van der Waals surface area contributed by atoms with E-state index in [1.165, 1.54) is 19.3 Å². The van der Waals surface area contributed by atoms with Crippen LogP contribution in [0, 0.1) is 5.92 Å². The summed E-state index contributed by atoms with van der Waals surface area (Å²) in [6.07, 6.45) is 4.72. The fourth-order valence-electron chi connectivity index (χ4n) is 1.88. The highest BCUT2D eigenvalue weighted by molar-refractivity contribution is 4.82. The van der Waals surface area contributed by atoms with Gasteiger partial charge in [-0.3, -0.25) is 0 Å². The second-order valence-corrected chi connectivity index (χ2v) is 4.85. The van der Waals surface area contributed by atoms with Crippen molar-refractivity contribution in [2.45, 2.75) is 58.1 Å². The summed E-state index contributed by atoms with van der Waals surface area (Å²) in [4.78, 5) is 0. The second kappa shape index (κ2) is 4.43. The summed E-state index contributed by atoms with van der Waals surface area (Å²) in [6, 6.07) is 0.646. The molecule has 1 aliphatic rings. The average Bonchev–Trinajstić information content (AvgIpc) is 2.48. The fourth-order valence-corrected chi connectivity index (χ4v) is 1.88. The van der Waals surface area contributed by atoms with Crippen LogP contribution >= 0.6 is 0 Å². The van der Waals surface area contributed by atoms with E-state index in [1.807, 2.05) is 13.8 Å². The van der Waals surface area contributed by atoms with E-state index in [0.717, 1.165) is 18.9 Å². The molecule has 1 fully saturated rings. The third kappa shape index (κ3) is 3.65. The topological polar surface area (TPSA) is 32.3 Å². The summed E-state index contributed by atoms with van der Waals surface area (Å²) < 4.78 is 0. The Kier molecular flexibility index (Phi) is 3.74. The third-order valence-corrected chi connectivity index (χ3v) is 3.23. The molecule has 2 N–H and O–H groups in total. The van der Waals surface area contributed by atoms with Crippen molar-refractivity contribution in [3.05, 3.63) is 0 Å². The van der Waals surface area contributed by atoms with E-state index in [-0.39, 0.29) is 0 Å². The van der Waals surface area contributed by atoms with Gasteiger partial charge in [-0.25, -0.2) is 0 Å². The van der Waals surface area contributed by atoms with E-state index in [2.05, 4.69) is 12.2 Å². The van der Waals surface area contributed by atoms with Crippen molar-refractivity contribution in [2.75, 3.05) is 6.54 Å². The Labute approximate surface area is 81.7 Å². The van der Waals surface area contributed by atoms with Gasteiger partial charge in [0, 0.05) is 12.6 Å². The maximum absolute atomic E-state index is 9.79. The SMILES string of the molecule is CCC(C)(O)CNC1CCC(C)C1. The molecule has 1 aliphatic carbocycles. The van der Waals surface area contributed by atoms with Crippen molar-refractivity contribution in [1.82, 2.24) is 5.32 Å². The highest BCUT2D eigenvalue weighted by Gasteiger charge is 2.24. The molecule has 0 amide bonds. The standard InChI is InChI=1S/C11H23NO/c1-4-11(3,13)8-12-10-6-5-9(2)7-10/h9-10,12-13H,4-8H2,1-3H3. The molecule has 3 unspecified atom stereocenters. The minimum absolute atomic E-state index is 0.522. The Balaban J connectivity index is 2.19. The van der Waals surface area contributed by atoms with Crippen LogP contribution in [0.25, 0.3) is 0 Å². The quantitative estimate of drug-likeness (QED) is 0.701. The molecule has 0 bridgehead atoms. The summed E-state index contributed by atoms with van der Waals surface area (Å²) in [5.41, 5.74) is -0.522.